The van der Waals surface area contributed by atoms with Gasteiger partial charge in [-0.2, -0.15) is 5.10 Å². The number of urea groups is 1. The van der Waals surface area contributed by atoms with Gasteiger partial charge in [0.15, 0.2) is 0 Å². The molecule has 1 unspecified atom stereocenters. The second-order valence-electron chi connectivity index (χ2n) is 8.20. The number of carbonyl (C=O) groups is 2. The molecule has 0 aromatic carbocycles. The Kier molecular flexibility index (Phi) is 7.13. The summed E-state index contributed by atoms with van der Waals surface area (Å²) >= 11 is 0. The van der Waals surface area contributed by atoms with Crippen LogP contribution in [0.2, 0.25) is 0 Å². The van der Waals surface area contributed by atoms with Gasteiger partial charge in [-0.25, -0.2) is 4.79 Å². The summed E-state index contributed by atoms with van der Waals surface area (Å²) in [5, 5.41) is 7.26. The van der Waals surface area contributed by atoms with Crippen LogP contribution in [0.4, 0.5) is 4.79 Å². The molecule has 2 aliphatic rings. The molecule has 1 atom stereocenters. The molecular weight excluding hydrogens is 372 g/mol. The first kappa shape index (κ1) is 21.6. The Morgan fingerprint density at radius 2 is 1.97 bits per heavy atom. The van der Waals surface area contributed by atoms with Crippen molar-refractivity contribution in [3.63, 3.8) is 0 Å². The molecule has 2 aliphatic heterocycles. The average molecular weight is 407 g/mol. The predicted molar refractivity (Wildman–Crippen MR) is 110 cm³/mol. The maximum atomic E-state index is 12.4. The van der Waals surface area contributed by atoms with Gasteiger partial charge in [0.1, 0.15) is 5.69 Å². The monoisotopic (exact) mass is 406 g/mol. The van der Waals surface area contributed by atoms with Crippen molar-refractivity contribution < 1.29 is 14.3 Å². The molecule has 3 rings (SSSR count). The number of nitrogens with one attached hydrogen (secondary N) is 1. The van der Waals surface area contributed by atoms with Crippen molar-refractivity contribution in [1.29, 1.82) is 0 Å². The molecule has 162 valence electrons. The van der Waals surface area contributed by atoms with Crippen molar-refractivity contribution in [1.82, 2.24) is 29.8 Å². The molecule has 0 spiro atoms. The molecule has 0 radical (unpaired) electrons. The van der Waals surface area contributed by atoms with Crippen molar-refractivity contribution in [3.8, 4) is 0 Å². The van der Waals surface area contributed by atoms with Gasteiger partial charge in [0.25, 0.3) is 5.91 Å². The van der Waals surface area contributed by atoms with Crippen molar-refractivity contribution >= 4 is 11.9 Å². The number of carbonyl (C=O) groups excluding carboxylic acids is 2. The van der Waals surface area contributed by atoms with Crippen LogP contribution < -0.4 is 5.32 Å². The molecule has 1 aromatic rings. The lowest BCUT2D eigenvalue weighted by atomic mass is 10.0. The van der Waals surface area contributed by atoms with Crippen LogP contribution >= 0.6 is 0 Å². The number of likely N-dealkylation sites (tertiary alicyclic amines) is 1. The highest BCUT2D eigenvalue weighted by molar-refractivity contribution is 5.92. The van der Waals surface area contributed by atoms with Crippen LogP contribution in [0.1, 0.15) is 35.4 Å². The third-order valence-electron chi connectivity index (χ3n) is 5.95. The fourth-order valence-electron chi connectivity index (χ4n) is 4.21. The maximum Gasteiger partial charge on any atom is 0.319 e. The van der Waals surface area contributed by atoms with Crippen LogP contribution in [0.25, 0.3) is 0 Å². The summed E-state index contributed by atoms with van der Waals surface area (Å²) in [7, 11) is 5.42. The zero-order chi connectivity index (χ0) is 21.0. The van der Waals surface area contributed by atoms with Crippen LogP contribution in [-0.2, 0) is 11.8 Å². The summed E-state index contributed by atoms with van der Waals surface area (Å²) in [5.41, 5.74) is 1.40. The van der Waals surface area contributed by atoms with E-state index in [1.54, 1.807) is 29.7 Å². The minimum Gasteiger partial charge on any atom is -0.381 e. The molecule has 9 heteroatoms. The van der Waals surface area contributed by atoms with E-state index in [2.05, 4.69) is 15.3 Å². The highest BCUT2D eigenvalue weighted by Gasteiger charge is 2.34. The van der Waals surface area contributed by atoms with E-state index in [0.717, 1.165) is 57.8 Å². The molecule has 2 saturated heterocycles. The van der Waals surface area contributed by atoms with Gasteiger partial charge < -0.3 is 19.9 Å². The van der Waals surface area contributed by atoms with Gasteiger partial charge in [0.05, 0.1) is 0 Å². The largest absolute Gasteiger partial charge is 0.381 e. The number of amides is 3. The minimum absolute atomic E-state index is 0.0678. The predicted octanol–water partition coefficient (Wildman–Crippen LogP) is 0.695. The van der Waals surface area contributed by atoms with E-state index in [1.165, 1.54) is 0 Å². The highest BCUT2D eigenvalue weighted by atomic mass is 16.5. The van der Waals surface area contributed by atoms with Crippen LogP contribution in [0.5, 0.6) is 0 Å². The van der Waals surface area contributed by atoms with Crippen molar-refractivity contribution in [2.24, 2.45) is 7.05 Å². The Morgan fingerprint density at radius 1 is 1.24 bits per heavy atom. The number of ether oxygens (including phenoxy) is 1. The summed E-state index contributed by atoms with van der Waals surface area (Å²) in [4.78, 5) is 30.8. The van der Waals surface area contributed by atoms with E-state index >= 15 is 0 Å². The quantitative estimate of drug-likeness (QED) is 0.752. The molecular formula is C20H34N6O3. The van der Waals surface area contributed by atoms with E-state index < -0.39 is 0 Å². The Balaban J connectivity index is 1.59. The summed E-state index contributed by atoms with van der Waals surface area (Å²) in [6, 6.07) is 2.61. The van der Waals surface area contributed by atoms with Crippen molar-refractivity contribution in [2.75, 3.05) is 53.5 Å². The lowest BCUT2D eigenvalue weighted by Crippen LogP contribution is -2.50. The van der Waals surface area contributed by atoms with Gasteiger partial charge in [-0.15, -0.1) is 0 Å². The average Bonchev–Trinajstić information content (AvgIpc) is 3.32. The van der Waals surface area contributed by atoms with Gasteiger partial charge >= 0.3 is 6.03 Å². The zero-order valence-corrected chi connectivity index (χ0v) is 18.1. The number of aromatic nitrogens is 2. The maximum absolute atomic E-state index is 12.4. The van der Waals surface area contributed by atoms with E-state index in [9.17, 15) is 9.59 Å². The van der Waals surface area contributed by atoms with Gasteiger partial charge in [-0.1, -0.05) is 0 Å². The molecule has 1 N–H and O–H groups in total. The zero-order valence-electron chi connectivity index (χ0n) is 18.1. The number of aryl methyl sites for hydroxylation is 2. The van der Waals surface area contributed by atoms with Crippen molar-refractivity contribution in [3.05, 3.63) is 17.5 Å². The topological polar surface area (TPSA) is 82.9 Å². The van der Waals surface area contributed by atoms with Gasteiger partial charge in [0.2, 0.25) is 0 Å². The first-order valence-electron chi connectivity index (χ1n) is 10.5. The van der Waals surface area contributed by atoms with E-state index in [1.807, 2.05) is 18.9 Å². The summed E-state index contributed by atoms with van der Waals surface area (Å²) in [6.07, 6.45) is 2.95. The fraction of sp³-hybridized carbons (Fsp3) is 0.750. The molecule has 9 nitrogen and oxygen atoms in total. The summed E-state index contributed by atoms with van der Waals surface area (Å²) < 4.78 is 7.25. The SMILES string of the molecule is Cc1cc(C(=O)NCCN(C2CCOCC2)C2CCN(C(=O)N(C)C)C2)nn1C. The third-order valence-corrected chi connectivity index (χ3v) is 5.95. The summed E-state index contributed by atoms with van der Waals surface area (Å²) in [6.45, 7) is 6.31. The van der Waals surface area contributed by atoms with E-state index in [-0.39, 0.29) is 11.9 Å². The van der Waals surface area contributed by atoms with Gasteiger partial charge in [-0.3, -0.25) is 14.4 Å². The highest BCUT2D eigenvalue weighted by Crippen LogP contribution is 2.23. The van der Waals surface area contributed by atoms with Crippen molar-refractivity contribution in [2.45, 2.75) is 38.3 Å². The Morgan fingerprint density at radius 3 is 2.59 bits per heavy atom. The first-order chi connectivity index (χ1) is 13.9. The molecule has 29 heavy (non-hydrogen) atoms. The Hall–Kier alpha value is -2.13. The molecule has 0 bridgehead atoms. The Labute approximate surface area is 172 Å². The fourth-order valence-corrected chi connectivity index (χ4v) is 4.21. The second kappa shape index (κ2) is 9.58. The molecule has 0 aliphatic carbocycles. The van der Waals surface area contributed by atoms with Crippen LogP contribution in [0.15, 0.2) is 6.07 Å². The lowest BCUT2D eigenvalue weighted by molar-refractivity contribution is 0.0188. The molecule has 1 aromatic heterocycles. The summed E-state index contributed by atoms with van der Waals surface area (Å²) in [5.74, 6) is -0.142. The molecule has 2 fully saturated rings. The standard InChI is InChI=1S/C20H34N6O3/c1-15-13-18(22-24(15)4)19(27)21-8-10-26(16-6-11-29-12-7-16)17-5-9-25(14-17)20(28)23(2)3/h13,16-17H,5-12,14H2,1-4H3,(H,21,27). The second-order valence-corrected chi connectivity index (χ2v) is 8.20. The van der Waals surface area contributed by atoms with Crippen LogP contribution in [0.3, 0.4) is 0 Å². The van der Waals surface area contributed by atoms with Gasteiger partial charge in [0, 0.05) is 78.3 Å². The number of rotatable bonds is 6. The smallest absolute Gasteiger partial charge is 0.319 e. The molecule has 3 heterocycles. The molecule has 3 amide bonds. The minimum atomic E-state index is -0.142. The Bertz CT molecular complexity index is 694. The third kappa shape index (κ3) is 5.27. The van der Waals surface area contributed by atoms with E-state index in [0.29, 0.717) is 24.3 Å². The lowest BCUT2D eigenvalue weighted by Gasteiger charge is -2.38. The van der Waals surface area contributed by atoms with Crippen LogP contribution in [0, 0.1) is 6.92 Å². The van der Waals surface area contributed by atoms with Crippen LogP contribution in [-0.4, -0.2) is 102 Å². The van der Waals surface area contributed by atoms with E-state index in [4.69, 9.17) is 4.74 Å². The molecule has 0 saturated carbocycles. The number of hydrogen-bond donors (Lipinski definition) is 1. The number of nitrogens with zero attached hydrogens (tertiary/aromatic N) is 5. The normalized spacial score (nSPS) is 20.3. The first-order valence-corrected chi connectivity index (χ1v) is 10.5. The van der Waals surface area contributed by atoms with Gasteiger partial charge in [-0.05, 0) is 32.3 Å². The number of hydrogen-bond acceptors (Lipinski definition) is 5.